The van der Waals surface area contributed by atoms with Crippen molar-refractivity contribution in [1.82, 2.24) is 0 Å². The molecule has 30 heavy (non-hydrogen) atoms. The molecule has 1 unspecified atom stereocenters. The fraction of sp³-hybridized carbons (Fsp3) is 0.862. The minimum absolute atomic E-state index is 0.299. The summed E-state index contributed by atoms with van der Waals surface area (Å²) in [6.07, 6.45) is 19.2. The van der Waals surface area contributed by atoms with Gasteiger partial charge >= 0.3 is 0 Å². The van der Waals surface area contributed by atoms with Gasteiger partial charge in [0, 0.05) is 6.61 Å². The predicted octanol–water partition coefficient (Wildman–Crippen LogP) is 8.09. The van der Waals surface area contributed by atoms with Crippen LogP contribution in [-0.4, -0.2) is 11.7 Å². The smallest absolute Gasteiger partial charge is 0.0468 e. The van der Waals surface area contributed by atoms with Crippen LogP contribution in [0.15, 0.2) is 22.8 Å². The lowest BCUT2D eigenvalue weighted by atomic mass is 9.48. The molecule has 1 heteroatoms. The maximum atomic E-state index is 9.43. The van der Waals surface area contributed by atoms with Gasteiger partial charge in [0.15, 0.2) is 0 Å². The van der Waals surface area contributed by atoms with Gasteiger partial charge in [-0.05, 0) is 118 Å². The summed E-state index contributed by atoms with van der Waals surface area (Å²) in [5.74, 6) is 4.41. The van der Waals surface area contributed by atoms with Gasteiger partial charge in [0.1, 0.15) is 0 Å². The normalized spacial score (nSPS) is 41.3. The van der Waals surface area contributed by atoms with Crippen molar-refractivity contribution in [3.63, 3.8) is 0 Å². The molecule has 170 valence electrons. The molecule has 0 bridgehead atoms. The van der Waals surface area contributed by atoms with E-state index in [0.717, 1.165) is 36.0 Å². The highest BCUT2D eigenvalue weighted by atomic mass is 16.2. The first-order valence-electron chi connectivity index (χ1n) is 13.3. The minimum Gasteiger partial charge on any atom is -0.396 e. The summed E-state index contributed by atoms with van der Waals surface area (Å²) in [5.41, 5.74) is 5.98. The van der Waals surface area contributed by atoms with E-state index in [2.05, 4.69) is 40.7 Å². The van der Waals surface area contributed by atoms with Gasteiger partial charge in [-0.3, -0.25) is 0 Å². The summed E-state index contributed by atoms with van der Waals surface area (Å²) in [7, 11) is 0. The van der Waals surface area contributed by atoms with Crippen molar-refractivity contribution in [2.24, 2.45) is 40.4 Å². The van der Waals surface area contributed by atoms with Gasteiger partial charge in [-0.15, -0.1) is 0 Å². The van der Waals surface area contributed by atoms with Crippen LogP contribution in [0, 0.1) is 40.4 Å². The zero-order chi connectivity index (χ0) is 21.5. The highest BCUT2D eigenvalue weighted by molar-refractivity contribution is 5.27. The number of hydrogen-bond acceptors (Lipinski definition) is 1. The Morgan fingerprint density at radius 3 is 2.50 bits per heavy atom. The van der Waals surface area contributed by atoms with Crippen molar-refractivity contribution < 1.29 is 5.11 Å². The number of rotatable bonds is 6. The molecule has 7 atom stereocenters. The molecule has 0 radical (unpaired) electrons. The van der Waals surface area contributed by atoms with E-state index in [1.807, 2.05) is 5.57 Å². The highest BCUT2D eigenvalue weighted by Crippen LogP contribution is 2.66. The first-order valence-corrected chi connectivity index (χ1v) is 13.3. The van der Waals surface area contributed by atoms with Crippen LogP contribution in [0.25, 0.3) is 0 Å². The second-order valence-corrected chi connectivity index (χ2v) is 12.3. The third-order valence-electron chi connectivity index (χ3n) is 10.8. The van der Waals surface area contributed by atoms with Crippen molar-refractivity contribution in [2.75, 3.05) is 6.61 Å². The fourth-order valence-electron chi connectivity index (χ4n) is 8.88. The Balaban J connectivity index is 1.48. The molecule has 3 fully saturated rings. The van der Waals surface area contributed by atoms with Crippen molar-refractivity contribution in [3.05, 3.63) is 22.8 Å². The van der Waals surface area contributed by atoms with E-state index >= 15 is 0 Å². The Kier molecular flexibility index (Phi) is 6.61. The van der Waals surface area contributed by atoms with Crippen LogP contribution >= 0.6 is 0 Å². The summed E-state index contributed by atoms with van der Waals surface area (Å²) >= 11 is 0. The average molecular weight is 413 g/mol. The SMILES string of the molecule is CC(C)=C(CCO)CC[C@@H](C)[C@H]1CC[C@H]2C3=CCC4CCCC[C@]4(C)[C@H]3CC[C@]12C. The Bertz CT molecular complexity index is 682. The van der Waals surface area contributed by atoms with E-state index < -0.39 is 0 Å². The summed E-state index contributed by atoms with van der Waals surface area (Å²) in [4.78, 5) is 0. The largest absolute Gasteiger partial charge is 0.396 e. The molecule has 4 aliphatic carbocycles. The lowest BCUT2D eigenvalue weighted by Gasteiger charge is -2.57. The van der Waals surface area contributed by atoms with Crippen molar-refractivity contribution in [3.8, 4) is 0 Å². The zero-order valence-corrected chi connectivity index (χ0v) is 20.6. The number of allylic oxidation sites excluding steroid dienone is 3. The molecule has 1 nitrogen and oxygen atoms in total. The summed E-state index contributed by atoms with van der Waals surface area (Å²) in [6, 6.07) is 0. The number of aliphatic hydroxyl groups is 1. The molecule has 0 aromatic heterocycles. The first kappa shape index (κ1) is 22.6. The number of hydrogen-bond donors (Lipinski definition) is 1. The van der Waals surface area contributed by atoms with Gasteiger partial charge in [0.2, 0.25) is 0 Å². The molecule has 0 aliphatic heterocycles. The summed E-state index contributed by atoms with van der Waals surface area (Å²) in [6.45, 7) is 12.6. The van der Waals surface area contributed by atoms with Gasteiger partial charge < -0.3 is 5.11 Å². The standard InChI is InChI=1S/C29H48O/c1-20(2)22(16-19-30)10-9-21(3)25-13-14-26-24-12-11-23-8-6-7-17-28(23,4)27(24)15-18-29(25,26)5/h12,21,23,25-27,30H,6-11,13-19H2,1-5H3/t21-,23?,25-,26+,27+,28+,29-/m1/s1. The fourth-order valence-corrected chi connectivity index (χ4v) is 8.88. The van der Waals surface area contributed by atoms with E-state index in [1.165, 1.54) is 81.8 Å². The molecule has 0 aromatic rings. The minimum atomic E-state index is 0.299. The molecule has 3 saturated carbocycles. The van der Waals surface area contributed by atoms with Crippen molar-refractivity contribution >= 4 is 0 Å². The highest BCUT2D eigenvalue weighted by Gasteiger charge is 2.57. The molecule has 0 saturated heterocycles. The molecule has 0 aromatic carbocycles. The van der Waals surface area contributed by atoms with Gasteiger partial charge in [-0.1, -0.05) is 56.4 Å². The molecule has 0 amide bonds. The van der Waals surface area contributed by atoms with Crippen LogP contribution in [0.4, 0.5) is 0 Å². The lowest BCUT2D eigenvalue weighted by molar-refractivity contribution is -0.00783. The second-order valence-electron chi connectivity index (χ2n) is 12.3. The van der Waals surface area contributed by atoms with Crippen LogP contribution in [0.5, 0.6) is 0 Å². The third-order valence-corrected chi connectivity index (χ3v) is 10.8. The molecule has 1 N–H and O–H groups in total. The Morgan fingerprint density at radius 1 is 1.00 bits per heavy atom. The number of fused-ring (bicyclic) bond motifs is 5. The van der Waals surface area contributed by atoms with E-state index in [-0.39, 0.29) is 0 Å². The van der Waals surface area contributed by atoms with Crippen LogP contribution < -0.4 is 0 Å². The molecular weight excluding hydrogens is 364 g/mol. The quantitative estimate of drug-likeness (QED) is 0.437. The summed E-state index contributed by atoms with van der Waals surface area (Å²) in [5, 5.41) is 9.43. The van der Waals surface area contributed by atoms with E-state index in [0.29, 0.717) is 17.4 Å². The average Bonchev–Trinajstić information content (AvgIpc) is 3.07. The first-order chi connectivity index (χ1) is 14.3. The van der Waals surface area contributed by atoms with Gasteiger partial charge in [-0.2, -0.15) is 0 Å². The van der Waals surface area contributed by atoms with E-state index in [9.17, 15) is 5.11 Å². The Morgan fingerprint density at radius 2 is 1.77 bits per heavy atom. The van der Waals surface area contributed by atoms with Crippen LogP contribution in [0.3, 0.4) is 0 Å². The van der Waals surface area contributed by atoms with Crippen LogP contribution in [-0.2, 0) is 0 Å². The van der Waals surface area contributed by atoms with Crippen molar-refractivity contribution in [2.45, 2.75) is 112 Å². The predicted molar refractivity (Wildman–Crippen MR) is 128 cm³/mol. The molecule has 0 heterocycles. The Labute approximate surface area is 186 Å². The lowest BCUT2D eigenvalue weighted by Crippen LogP contribution is -2.48. The maximum Gasteiger partial charge on any atom is 0.0468 e. The second kappa shape index (κ2) is 8.76. The van der Waals surface area contributed by atoms with Crippen LogP contribution in [0.2, 0.25) is 0 Å². The maximum absolute atomic E-state index is 9.43. The van der Waals surface area contributed by atoms with Crippen molar-refractivity contribution in [1.29, 1.82) is 0 Å². The number of aliphatic hydroxyl groups excluding tert-OH is 1. The molecule has 4 aliphatic rings. The topological polar surface area (TPSA) is 20.2 Å². The monoisotopic (exact) mass is 412 g/mol. The van der Waals surface area contributed by atoms with E-state index in [1.54, 1.807) is 0 Å². The van der Waals surface area contributed by atoms with Gasteiger partial charge in [0.05, 0.1) is 0 Å². The van der Waals surface area contributed by atoms with Gasteiger partial charge in [-0.25, -0.2) is 0 Å². The van der Waals surface area contributed by atoms with Gasteiger partial charge in [0.25, 0.3) is 0 Å². The zero-order valence-electron chi connectivity index (χ0n) is 20.6. The Hall–Kier alpha value is -0.560. The van der Waals surface area contributed by atoms with Crippen LogP contribution in [0.1, 0.15) is 112 Å². The van der Waals surface area contributed by atoms with E-state index in [4.69, 9.17) is 0 Å². The molecule has 4 rings (SSSR count). The summed E-state index contributed by atoms with van der Waals surface area (Å²) < 4.78 is 0. The molecule has 0 spiro atoms. The third kappa shape index (κ3) is 3.76. The molecular formula is C29H48O.